The Morgan fingerprint density at radius 2 is 2.00 bits per heavy atom. The summed E-state index contributed by atoms with van der Waals surface area (Å²) in [5.74, 6) is 0. The predicted octanol–water partition coefficient (Wildman–Crippen LogP) is 3.77. The number of rotatable bonds is 3. The SMILES string of the molecule is NC(=S)c1cc2c(Br)cccc2n1C(F)C(F)F. The summed E-state index contributed by atoms with van der Waals surface area (Å²) in [5, 5.41) is 0.587. The molecule has 0 aliphatic carbocycles. The lowest BCUT2D eigenvalue weighted by Crippen LogP contribution is -2.21. The molecule has 2 rings (SSSR count). The molecule has 0 aliphatic heterocycles. The minimum atomic E-state index is -3.15. The number of hydrogen-bond donors (Lipinski definition) is 1. The van der Waals surface area contributed by atoms with Gasteiger partial charge in [-0.2, -0.15) is 0 Å². The predicted molar refractivity (Wildman–Crippen MR) is 71.7 cm³/mol. The first kappa shape index (κ1) is 13.4. The lowest BCUT2D eigenvalue weighted by Gasteiger charge is -2.14. The molecule has 2 N–H and O–H groups in total. The van der Waals surface area contributed by atoms with Crippen LogP contribution in [0.25, 0.3) is 10.9 Å². The number of halogens is 4. The third-order valence-corrected chi connectivity index (χ3v) is 3.44. The molecule has 1 aromatic heterocycles. The van der Waals surface area contributed by atoms with Crippen LogP contribution in [0, 0.1) is 0 Å². The Labute approximate surface area is 115 Å². The molecule has 1 atom stereocenters. The largest absolute Gasteiger partial charge is 0.388 e. The van der Waals surface area contributed by atoms with Gasteiger partial charge in [0.15, 0.2) is 0 Å². The number of nitrogens with two attached hydrogens (primary N) is 1. The number of fused-ring (bicyclic) bond motifs is 1. The van der Waals surface area contributed by atoms with Crippen LogP contribution in [0.4, 0.5) is 13.2 Å². The molecule has 2 nitrogen and oxygen atoms in total. The van der Waals surface area contributed by atoms with Crippen molar-refractivity contribution in [3.63, 3.8) is 0 Å². The van der Waals surface area contributed by atoms with Crippen molar-refractivity contribution < 1.29 is 13.2 Å². The lowest BCUT2D eigenvalue weighted by molar-refractivity contribution is 0.0104. The number of nitrogens with zero attached hydrogens (tertiary/aromatic N) is 1. The molecule has 96 valence electrons. The molecule has 1 aromatic carbocycles. The Kier molecular flexibility index (Phi) is 3.63. The highest BCUT2D eigenvalue weighted by Crippen LogP contribution is 2.32. The quantitative estimate of drug-likeness (QED) is 0.865. The van der Waals surface area contributed by atoms with Crippen molar-refractivity contribution in [2.24, 2.45) is 5.73 Å². The summed E-state index contributed by atoms with van der Waals surface area (Å²) >= 11 is 8.04. The van der Waals surface area contributed by atoms with Gasteiger partial charge in [-0.3, -0.25) is 0 Å². The van der Waals surface area contributed by atoms with Crippen molar-refractivity contribution in [2.45, 2.75) is 12.7 Å². The summed E-state index contributed by atoms with van der Waals surface area (Å²) < 4.78 is 40.3. The normalized spacial score (nSPS) is 13.2. The average Bonchev–Trinajstić information content (AvgIpc) is 2.68. The first-order valence-electron chi connectivity index (χ1n) is 4.95. The molecule has 0 aliphatic rings. The van der Waals surface area contributed by atoms with Crippen molar-refractivity contribution >= 4 is 44.0 Å². The van der Waals surface area contributed by atoms with E-state index in [4.69, 9.17) is 18.0 Å². The van der Waals surface area contributed by atoms with Gasteiger partial charge in [-0.25, -0.2) is 13.2 Å². The Morgan fingerprint density at radius 1 is 1.33 bits per heavy atom. The van der Waals surface area contributed by atoms with Crippen LogP contribution in [0.5, 0.6) is 0 Å². The van der Waals surface area contributed by atoms with Gasteiger partial charge in [-0.15, -0.1) is 0 Å². The Balaban J connectivity index is 2.79. The van der Waals surface area contributed by atoms with Crippen LogP contribution in [0.1, 0.15) is 12.0 Å². The van der Waals surface area contributed by atoms with Gasteiger partial charge in [0.2, 0.25) is 6.30 Å². The van der Waals surface area contributed by atoms with E-state index in [1.165, 1.54) is 12.1 Å². The van der Waals surface area contributed by atoms with Crippen molar-refractivity contribution in [1.82, 2.24) is 4.57 Å². The van der Waals surface area contributed by atoms with Crippen LogP contribution < -0.4 is 5.73 Å². The van der Waals surface area contributed by atoms with Crippen LogP contribution in [0.3, 0.4) is 0 Å². The summed E-state index contributed by atoms with van der Waals surface area (Å²) in [6.07, 6.45) is -5.62. The number of thiocarbonyl (C=S) groups is 1. The number of alkyl halides is 3. The smallest absolute Gasteiger partial charge is 0.288 e. The van der Waals surface area contributed by atoms with Crippen LogP contribution in [-0.4, -0.2) is 16.0 Å². The monoisotopic (exact) mass is 336 g/mol. The maximum Gasteiger partial charge on any atom is 0.288 e. The summed E-state index contributed by atoms with van der Waals surface area (Å²) in [5.41, 5.74) is 5.85. The molecule has 1 heterocycles. The third-order valence-electron chi connectivity index (χ3n) is 2.54. The van der Waals surface area contributed by atoms with Gasteiger partial charge in [0, 0.05) is 9.86 Å². The van der Waals surface area contributed by atoms with Gasteiger partial charge in [0.1, 0.15) is 4.99 Å². The van der Waals surface area contributed by atoms with E-state index in [0.717, 1.165) is 4.57 Å². The van der Waals surface area contributed by atoms with E-state index < -0.39 is 12.7 Å². The molecule has 0 saturated heterocycles. The van der Waals surface area contributed by atoms with Crippen molar-refractivity contribution in [3.8, 4) is 0 Å². The van der Waals surface area contributed by atoms with Gasteiger partial charge in [0.25, 0.3) is 6.43 Å². The summed E-state index contributed by atoms with van der Waals surface area (Å²) in [4.78, 5) is -0.124. The molecule has 0 radical (unpaired) electrons. The summed E-state index contributed by atoms with van der Waals surface area (Å²) in [6, 6.07) is 6.39. The average molecular weight is 337 g/mol. The summed E-state index contributed by atoms with van der Waals surface area (Å²) in [7, 11) is 0. The van der Waals surface area contributed by atoms with E-state index in [-0.39, 0.29) is 10.7 Å². The van der Waals surface area contributed by atoms with Gasteiger partial charge in [-0.1, -0.05) is 34.2 Å². The second kappa shape index (κ2) is 4.89. The fourth-order valence-electron chi connectivity index (χ4n) is 1.78. The van der Waals surface area contributed by atoms with E-state index in [1.807, 2.05) is 0 Å². The molecule has 7 heteroatoms. The van der Waals surface area contributed by atoms with Gasteiger partial charge < -0.3 is 10.3 Å². The molecule has 0 fully saturated rings. The molecule has 0 saturated carbocycles. The number of benzene rings is 1. The second-order valence-electron chi connectivity index (χ2n) is 3.64. The van der Waals surface area contributed by atoms with Crippen LogP contribution in [0.2, 0.25) is 0 Å². The van der Waals surface area contributed by atoms with Crippen LogP contribution in [0.15, 0.2) is 28.7 Å². The molecule has 0 amide bonds. The van der Waals surface area contributed by atoms with E-state index in [9.17, 15) is 13.2 Å². The van der Waals surface area contributed by atoms with Crippen LogP contribution in [-0.2, 0) is 0 Å². The lowest BCUT2D eigenvalue weighted by atomic mass is 10.2. The molecule has 1 unspecified atom stereocenters. The van der Waals surface area contributed by atoms with Crippen LogP contribution >= 0.6 is 28.1 Å². The number of hydrogen-bond acceptors (Lipinski definition) is 1. The topological polar surface area (TPSA) is 30.9 Å². The van der Waals surface area contributed by atoms with E-state index in [0.29, 0.717) is 15.4 Å². The van der Waals surface area contributed by atoms with Gasteiger partial charge in [0.05, 0.1) is 11.2 Å². The molecule has 2 aromatic rings. The van der Waals surface area contributed by atoms with E-state index in [1.54, 1.807) is 12.1 Å². The minimum Gasteiger partial charge on any atom is -0.388 e. The molecule has 18 heavy (non-hydrogen) atoms. The molecule has 0 spiro atoms. The fraction of sp³-hybridized carbons (Fsp3) is 0.182. The van der Waals surface area contributed by atoms with E-state index >= 15 is 0 Å². The first-order valence-corrected chi connectivity index (χ1v) is 6.15. The number of aromatic nitrogens is 1. The molecule has 0 bridgehead atoms. The van der Waals surface area contributed by atoms with Gasteiger partial charge in [-0.05, 0) is 18.2 Å². The van der Waals surface area contributed by atoms with Crippen molar-refractivity contribution in [1.29, 1.82) is 0 Å². The molecular formula is C11H8BrF3N2S. The third kappa shape index (κ3) is 2.12. The zero-order valence-corrected chi connectivity index (χ0v) is 11.3. The highest BCUT2D eigenvalue weighted by Gasteiger charge is 2.26. The summed E-state index contributed by atoms with van der Waals surface area (Å²) in [6.45, 7) is 0. The van der Waals surface area contributed by atoms with E-state index in [2.05, 4.69) is 15.9 Å². The second-order valence-corrected chi connectivity index (χ2v) is 4.94. The highest BCUT2D eigenvalue weighted by molar-refractivity contribution is 9.10. The molecular weight excluding hydrogens is 329 g/mol. The standard InChI is InChI=1S/C11H8BrF3N2S/c12-6-2-1-3-7-5(6)4-8(11(16)18)17(7)10(15)9(13)14/h1-4,9-10H,(H2,16,18). The van der Waals surface area contributed by atoms with Crippen molar-refractivity contribution in [2.75, 3.05) is 0 Å². The van der Waals surface area contributed by atoms with Gasteiger partial charge >= 0.3 is 0 Å². The zero-order chi connectivity index (χ0) is 13.4. The Bertz CT molecular complexity index is 612. The maximum atomic E-state index is 13.7. The van der Waals surface area contributed by atoms with Crippen molar-refractivity contribution in [3.05, 3.63) is 34.4 Å². The minimum absolute atomic E-state index is 0.0831. The zero-order valence-electron chi connectivity index (χ0n) is 8.91. The maximum absolute atomic E-state index is 13.7. The fourth-order valence-corrected chi connectivity index (χ4v) is 2.41. The first-order chi connectivity index (χ1) is 8.43. The Morgan fingerprint density at radius 3 is 2.56 bits per heavy atom. The highest BCUT2D eigenvalue weighted by atomic mass is 79.9. The Hall–Kier alpha value is -1.08.